The largest absolute Gasteiger partial charge is 0.371 e. The Hall–Kier alpha value is -2.89. The lowest BCUT2D eigenvalue weighted by Gasteiger charge is -2.34. The van der Waals surface area contributed by atoms with Crippen LogP contribution in [0.15, 0.2) is 42.6 Å². The fourth-order valence-electron chi connectivity index (χ4n) is 4.10. The van der Waals surface area contributed by atoms with E-state index in [0.717, 1.165) is 50.3 Å². The average Bonchev–Trinajstić information content (AvgIpc) is 3.13. The standard InChI is InChI=1S/C21H24N4O2/c22-21(27)18-14-17(5-9-23-18)24-10-6-15(7-11-24)13-20(26)25-12-8-16-3-1-2-4-19(16)25/h1-5,9,14-15H,6-8,10-13H2,(H2,22,27). The molecule has 0 bridgehead atoms. The molecule has 2 amide bonds. The molecule has 3 heterocycles. The lowest BCUT2D eigenvalue weighted by atomic mass is 9.92. The third-order valence-corrected chi connectivity index (χ3v) is 5.63. The number of nitrogens with two attached hydrogens (primary N) is 1. The lowest BCUT2D eigenvalue weighted by Crippen LogP contribution is -2.37. The number of rotatable bonds is 4. The summed E-state index contributed by atoms with van der Waals surface area (Å²) in [5.74, 6) is 0.125. The van der Waals surface area contributed by atoms with Crippen LogP contribution in [0.5, 0.6) is 0 Å². The second-order valence-electron chi connectivity index (χ2n) is 7.32. The minimum atomic E-state index is -0.511. The maximum atomic E-state index is 12.8. The number of benzene rings is 1. The number of carbonyl (C=O) groups is 2. The van der Waals surface area contributed by atoms with Gasteiger partial charge in [-0.1, -0.05) is 18.2 Å². The second kappa shape index (κ2) is 7.39. The van der Waals surface area contributed by atoms with Crippen LogP contribution in [0.3, 0.4) is 0 Å². The van der Waals surface area contributed by atoms with Crippen LogP contribution in [0.1, 0.15) is 35.3 Å². The van der Waals surface area contributed by atoms with E-state index in [1.165, 1.54) is 5.56 Å². The number of carbonyl (C=O) groups excluding carboxylic acids is 2. The van der Waals surface area contributed by atoms with E-state index in [1.807, 2.05) is 29.2 Å². The molecule has 6 nitrogen and oxygen atoms in total. The number of nitrogens with zero attached hydrogens (tertiary/aromatic N) is 3. The molecule has 0 atom stereocenters. The predicted molar refractivity (Wildman–Crippen MR) is 105 cm³/mol. The van der Waals surface area contributed by atoms with Gasteiger partial charge in [-0.3, -0.25) is 14.6 Å². The second-order valence-corrected chi connectivity index (χ2v) is 7.32. The van der Waals surface area contributed by atoms with Crippen LogP contribution in [0, 0.1) is 5.92 Å². The van der Waals surface area contributed by atoms with Crippen molar-refractivity contribution in [3.63, 3.8) is 0 Å². The maximum Gasteiger partial charge on any atom is 0.267 e. The summed E-state index contributed by atoms with van der Waals surface area (Å²) in [6.07, 6.45) is 5.11. The van der Waals surface area contributed by atoms with Gasteiger partial charge in [0.05, 0.1) is 0 Å². The zero-order chi connectivity index (χ0) is 18.8. The van der Waals surface area contributed by atoms with E-state index < -0.39 is 5.91 Å². The van der Waals surface area contributed by atoms with E-state index >= 15 is 0 Å². The highest BCUT2D eigenvalue weighted by molar-refractivity contribution is 5.95. The fraction of sp³-hybridized carbons (Fsp3) is 0.381. The molecule has 1 aromatic heterocycles. The Labute approximate surface area is 159 Å². The van der Waals surface area contributed by atoms with Crippen LogP contribution < -0.4 is 15.5 Å². The van der Waals surface area contributed by atoms with E-state index in [1.54, 1.807) is 12.3 Å². The first kappa shape index (κ1) is 17.5. The Kier molecular flexibility index (Phi) is 4.79. The number of hydrogen-bond acceptors (Lipinski definition) is 4. The van der Waals surface area contributed by atoms with E-state index in [2.05, 4.69) is 16.0 Å². The van der Waals surface area contributed by atoms with Gasteiger partial charge in [0.15, 0.2) is 0 Å². The van der Waals surface area contributed by atoms with Crippen molar-refractivity contribution < 1.29 is 9.59 Å². The Morgan fingerprint density at radius 3 is 2.67 bits per heavy atom. The molecule has 0 unspecified atom stereocenters. The quantitative estimate of drug-likeness (QED) is 0.903. The highest BCUT2D eigenvalue weighted by atomic mass is 16.2. The van der Waals surface area contributed by atoms with Crippen molar-refractivity contribution in [1.82, 2.24) is 4.98 Å². The lowest BCUT2D eigenvalue weighted by molar-refractivity contribution is -0.119. The van der Waals surface area contributed by atoms with Crippen molar-refractivity contribution in [2.75, 3.05) is 29.4 Å². The number of para-hydroxylation sites is 1. The molecular weight excluding hydrogens is 340 g/mol. The van der Waals surface area contributed by atoms with Crippen molar-refractivity contribution in [3.8, 4) is 0 Å². The average molecular weight is 364 g/mol. The Balaban J connectivity index is 1.34. The van der Waals surface area contributed by atoms with E-state index in [9.17, 15) is 9.59 Å². The molecule has 4 rings (SSSR count). The highest BCUT2D eigenvalue weighted by Crippen LogP contribution is 2.31. The van der Waals surface area contributed by atoms with Crippen LogP contribution in [0.4, 0.5) is 11.4 Å². The number of fused-ring (bicyclic) bond motifs is 1. The van der Waals surface area contributed by atoms with E-state index in [-0.39, 0.29) is 11.6 Å². The number of pyridine rings is 1. The van der Waals surface area contributed by atoms with Gasteiger partial charge in [-0.2, -0.15) is 0 Å². The van der Waals surface area contributed by atoms with Crippen molar-refractivity contribution in [1.29, 1.82) is 0 Å². The number of anilines is 2. The summed E-state index contributed by atoms with van der Waals surface area (Å²) >= 11 is 0. The molecule has 2 aromatic rings. The van der Waals surface area contributed by atoms with Gasteiger partial charge in [-0.25, -0.2) is 0 Å². The van der Waals surface area contributed by atoms with Crippen LogP contribution in [0.2, 0.25) is 0 Å². The van der Waals surface area contributed by atoms with Gasteiger partial charge in [0, 0.05) is 43.6 Å². The summed E-state index contributed by atoms with van der Waals surface area (Å²) in [6, 6.07) is 11.8. The highest BCUT2D eigenvalue weighted by Gasteiger charge is 2.28. The number of piperidine rings is 1. The van der Waals surface area contributed by atoms with Gasteiger partial charge >= 0.3 is 0 Å². The third-order valence-electron chi connectivity index (χ3n) is 5.63. The molecule has 0 aliphatic carbocycles. The molecule has 0 radical (unpaired) electrons. The monoisotopic (exact) mass is 364 g/mol. The summed E-state index contributed by atoms with van der Waals surface area (Å²) in [5, 5.41) is 0. The van der Waals surface area contributed by atoms with Crippen LogP contribution in [0.25, 0.3) is 0 Å². The van der Waals surface area contributed by atoms with Crippen LogP contribution in [-0.4, -0.2) is 36.4 Å². The molecule has 1 saturated heterocycles. The molecule has 2 aliphatic rings. The van der Waals surface area contributed by atoms with Crippen molar-refractivity contribution in [2.24, 2.45) is 11.7 Å². The van der Waals surface area contributed by atoms with Crippen molar-refractivity contribution >= 4 is 23.2 Å². The minimum absolute atomic E-state index is 0.235. The fourth-order valence-corrected chi connectivity index (χ4v) is 4.10. The Bertz CT molecular complexity index is 859. The summed E-state index contributed by atoms with van der Waals surface area (Å²) in [5.41, 5.74) is 8.93. The Morgan fingerprint density at radius 1 is 1.11 bits per heavy atom. The number of amides is 2. The zero-order valence-corrected chi connectivity index (χ0v) is 15.3. The summed E-state index contributed by atoms with van der Waals surface area (Å²) < 4.78 is 0. The van der Waals surface area contributed by atoms with Gasteiger partial charge < -0.3 is 15.5 Å². The molecule has 27 heavy (non-hydrogen) atoms. The van der Waals surface area contributed by atoms with Gasteiger partial charge in [-0.15, -0.1) is 0 Å². The topological polar surface area (TPSA) is 79.5 Å². The first-order chi connectivity index (χ1) is 13.1. The van der Waals surface area contributed by atoms with Crippen LogP contribution >= 0.6 is 0 Å². The third kappa shape index (κ3) is 3.65. The molecule has 2 aliphatic heterocycles. The first-order valence-electron chi connectivity index (χ1n) is 9.51. The number of hydrogen-bond donors (Lipinski definition) is 1. The van der Waals surface area contributed by atoms with E-state index in [0.29, 0.717) is 12.3 Å². The van der Waals surface area contributed by atoms with Gasteiger partial charge in [0.2, 0.25) is 5.91 Å². The molecule has 0 spiro atoms. The molecular formula is C21H24N4O2. The molecule has 140 valence electrons. The predicted octanol–water partition coefficient (Wildman–Crippen LogP) is 2.38. The van der Waals surface area contributed by atoms with Crippen molar-refractivity contribution in [3.05, 3.63) is 53.9 Å². The van der Waals surface area contributed by atoms with Gasteiger partial charge in [0.25, 0.3) is 5.91 Å². The van der Waals surface area contributed by atoms with Crippen molar-refractivity contribution in [2.45, 2.75) is 25.7 Å². The van der Waals surface area contributed by atoms with E-state index in [4.69, 9.17) is 5.73 Å². The maximum absolute atomic E-state index is 12.8. The normalized spacial score (nSPS) is 17.0. The zero-order valence-electron chi connectivity index (χ0n) is 15.3. The summed E-state index contributed by atoms with van der Waals surface area (Å²) in [6.45, 7) is 2.54. The number of primary amides is 1. The van der Waals surface area contributed by atoms with Gasteiger partial charge in [0.1, 0.15) is 5.69 Å². The SMILES string of the molecule is NC(=O)c1cc(N2CCC(CC(=O)N3CCc4ccccc43)CC2)ccn1. The molecule has 1 fully saturated rings. The number of aromatic nitrogens is 1. The minimum Gasteiger partial charge on any atom is -0.371 e. The van der Waals surface area contributed by atoms with Crippen LogP contribution in [-0.2, 0) is 11.2 Å². The van der Waals surface area contributed by atoms with Gasteiger partial charge in [-0.05, 0) is 48.9 Å². The Morgan fingerprint density at radius 2 is 1.89 bits per heavy atom. The smallest absolute Gasteiger partial charge is 0.267 e. The summed E-state index contributed by atoms with van der Waals surface area (Å²) in [4.78, 5) is 32.3. The summed E-state index contributed by atoms with van der Waals surface area (Å²) in [7, 11) is 0. The molecule has 2 N–H and O–H groups in total. The molecule has 0 saturated carbocycles. The first-order valence-corrected chi connectivity index (χ1v) is 9.51. The molecule has 1 aromatic carbocycles. The molecule has 6 heteroatoms.